The molecule has 1 heterocycles. The van der Waals surface area contributed by atoms with E-state index in [-0.39, 0.29) is 36.9 Å². The monoisotopic (exact) mass is 369 g/mol. The van der Waals surface area contributed by atoms with Gasteiger partial charge in [0.1, 0.15) is 5.75 Å². The Morgan fingerprint density at radius 1 is 1.44 bits per heavy atom. The number of hydrogen-bond acceptors (Lipinski definition) is 4. The number of ether oxygens (including phenoxy) is 1. The topological polar surface area (TPSA) is 84.7 Å². The highest BCUT2D eigenvalue weighted by atomic mass is 35.5. The van der Waals surface area contributed by atoms with Crippen LogP contribution >= 0.6 is 12.4 Å². The first-order valence-electron chi connectivity index (χ1n) is 8.66. The van der Waals surface area contributed by atoms with Crippen molar-refractivity contribution in [3.8, 4) is 5.75 Å². The minimum atomic E-state index is -0.177. The number of rotatable bonds is 9. The van der Waals surface area contributed by atoms with Gasteiger partial charge in [-0.25, -0.2) is 0 Å². The molecule has 0 aliphatic carbocycles. The van der Waals surface area contributed by atoms with Crippen LogP contribution in [0.1, 0.15) is 39.0 Å². The molecular weight excluding hydrogens is 342 g/mol. The Kier molecular flexibility index (Phi) is 9.31. The lowest BCUT2D eigenvalue weighted by molar-refractivity contribution is -0.123. The molecule has 0 aromatic heterocycles. The lowest BCUT2D eigenvalue weighted by Gasteiger charge is -2.18. The number of halogens is 1. The van der Waals surface area contributed by atoms with Gasteiger partial charge in [0.2, 0.25) is 5.91 Å². The summed E-state index contributed by atoms with van der Waals surface area (Å²) in [6.07, 6.45) is 4.46. The van der Waals surface area contributed by atoms with Crippen molar-refractivity contribution in [2.75, 3.05) is 24.6 Å². The number of carbonyl (C=O) groups is 2. The van der Waals surface area contributed by atoms with Gasteiger partial charge < -0.3 is 20.7 Å². The molecule has 1 aliphatic heterocycles. The fourth-order valence-corrected chi connectivity index (χ4v) is 2.78. The third kappa shape index (κ3) is 6.55. The first-order chi connectivity index (χ1) is 11.6. The molecule has 0 spiro atoms. The number of benzene rings is 1. The Labute approximate surface area is 155 Å². The third-order valence-corrected chi connectivity index (χ3v) is 4.13. The van der Waals surface area contributed by atoms with Gasteiger partial charge in [-0.15, -0.1) is 12.4 Å². The molecule has 6 nitrogen and oxygen atoms in total. The zero-order valence-corrected chi connectivity index (χ0v) is 15.5. The van der Waals surface area contributed by atoms with Gasteiger partial charge in [-0.1, -0.05) is 25.8 Å². The first-order valence-corrected chi connectivity index (χ1v) is 8.66. The molecule has 0 saturated carbocycles. The van der Waals surface area contributed by atoms with Gasteiger partial charge in [-0.3, -0.25) is 9.59 Å². The van der Waals surface area contributed by atoms with Crippen LogP contribution in [-0.2, 0) is 9.59 Å². The molecule has 0 bridgehead atoms. The van der Waals surface area contributed by atoms with Crippen molar-refractivity contribution >= 4 is 29.9 Å². The molecule has 2 rings (SSSR count). The lowest BCUT2D eigenvalue weighted by Crippen LogP contribution is -2.42. The van der Waals surface area contributed by atoms with Crippen molar-refractivity contribution in [2.45, 2.75) is 45.1 Å². The Balaban J connectivity index is 0.00000312. The molecule has 1 atom stereocenters. The van der Waals surface area contributed by atoms with E-state index in [1.807, 2.05) is 12.1 Å². The second-order valence-electron chi connectivity index (χ2n) is 6.08. The van der Waals surface area contributed by atoms with E-state index in [4.69, 9.17) is 10.5 Å². The molecule has 1 unspecified atom stereocenters. The van der Waals surface area contributed by atoms with Crippen LogP contribution in [0.2, 0.25) is 0 Å². The molecule has 140 valence electrons. The van der Waals surface area contributed by atoms with Gasteiger partial charge in [0.25, 0.3) is 5.91 Å². The van der Waals surface area contributed by atoms with Crippen LogP contribution in [0.5, 0.6) is 5.75 Å². The zero-order chi connectivity index (χ0) is 17.4. The van der Waals surface area contributed by atoms with E-state index in [0.717, 1.165) is 37.9 Å². The van der Waals surface area contributed by atoms with Crippen molar-refractivity contribution in [3.63, 3.8) is 0 Å². The maximum atomic E-state index is 12.0. The predicted molar refractivity (Wildman–Crippen MR) is 101 cm³/mol. The molecule has 25 heavy (non-hydrogen) atoms. The van der Waals surface area contributed by atoms with Gasteiger partial charge >= 0.3 is 0 Å². The van der Waals surface area contributed by atoms with Crippen LogP contribution in [0.3, 0.4) is 0 Å². The summed E-state index contributed by atoms with van der Waals surface area (Å²) in [6, 6.07) is 7.29. The van der Waals surface area contributed by atoms with E-state index in [2.05, 4.69) is 12.2 Å². The van der Waals surface area contributed by atoms with Crippen LogP contribution < -0.4 is 20.7 Å². The molecule has 1 fully saturated rings. The Hall–Kier alpha value is -1.79. The number of hydrogen-bond donors (Lipinski definition) is 2. The quantitative estimate of drug-likeness (QED) is 0.699. The number of nitrogens with zero attached hydrogens (tertiary/aromatic N) is 1. The fraction of sp³-hybridized carbons (Fsp3) is 0.556. The van der Waals surface area contributed by atoms with Gasteiger partial charge in [0.15, 0.2) is 6.61 Å². The van der Waals surface area contributed by atoms with Gasteiger partial charge in [0.05, 0.1) is 0 Å². The van der Waals surface area contributed by atoms with E-state index >= 15 is 0 Å². The molecule has 1 aromatic rings. The number of amides is 2. The summed E-state index contributed by atoms with van der Waals surface area (Å²) in [4.78, 5) is 25.5. The molecular formula is C18H28ClN3O3. The van der Waals surface area contributed by atoms with Crippen LogP contribution in [0.15, 0.2) is 24.3 Å². The minimum absolute atomic E-state index is 0. The van der Waals surface area contributed by atoms with Crippen molar-refractivity contribution in [2.24, 2.45) is 5.73 Å². The highest BCUT2D eigenvalue weighted by Crippen LogP contribution is 2.25. The predicted octanol–water partition coefficient (Wildman–Crippen LogP) is 2.25. The number of carbonyl (C=O) groups excluding carboxylic acids is 2. The summed E-state index contributed by atoms with van der Waals surface area (Å²) in [5, 5.41) is 2.90. The molecule has 1 aromatic carbocycles. The fourth-order valence-electron chi connectivity index (χ4n) is 2.78. The van der Waals surface area contributed by atoms with Crippen LogP contribution in [-0.4, -0.2) is 37.6 Å². The Morgan fingerprint density at radius 3 is 2.88 bits per heavy atom. The van der Waals surface area contributed by atoms with Gasteiger partial charge in [0, 0.05) is 37.3 Å². The van der Waals surface area contributed by atoms with Crippen molar-refractivity contribution in [1.82, 2.24) is 5.32 Å². The standard InChI is InChI=1S/C18H27N3O3.ClH/c1-2-3-6-14(12-19)20-17(22)13-24-16-8-4-7-15(11-16)21-10-5-9-18(21)23;/h4,7-8,11,14H,2-3,5-6,9-10,12-13,19H2,1H3,(H,20,22);1H. The van der Waals surface area contributed by atoms with Crippen molar-refractivity contribution in [3.05, 3.63) is 24.3 Å². The molecule has 1 saturated heterocycles. The Morgan fingerprint density at radius 2 is 2.24 bits per heavy atom. The second kappa shape index (κ2) is 10.9. The van der Waals surface area contributed by atoms with E-state index in [1.54, 1.807) is 17.0 Å². The number of unbranched alkanes of at least 4 members (excludes halogenated alkanes) is 1. The smallest absolute Gasteiger partial charge is 0.258 e. The number of anilines is 1. The maximum absolute atomic E-state index is 12.0. The summed E-state index contributed by atoms with van der Waals surface area (Å²) in [5.41, 5.74) is 6.50. The average Bonchev–Trinajstić information content (AvgIpc) is 3.03. The summed E-state index contributed by atoms with van der Waals surface area (Å²) in [6.45, 7) is 3.22. The second-order valence-corrected chi connectivity index (χ2v) is 6.08. The van der Waals surface area contributed by atoms with E-state index < -0.39 is 0 Å². The molecule has 7 heteroatoms. The zero-order valence-electron chi connectivity index (χ0n) is 14.7. The molecule has 2 amide bonds. The van der Waals surface area contributed by atoms with Gasteiger partial charge in [-0.2, -0.15) is 0 Å². The molecule has 3 N–H and O–H groups in total. The summed E-state index contributed by atoms with van der Waals surface area (Å²) in [5.74, 6) is 0.538. The first kappa shape index (κ1) is 21.3. The maximum Gasteiger partial charge on any atom is 0.258 e. The SMILES string of the molecule is CCCCC(CN)NC(=O)COc1cccc(N2CCCC2=O)c1.Cl. The van der Waals surface area contributed by atoms with Gasteiger partial charge in [-0.05, 0) is 25.0 Å². The summed E-state index contributed by atoms with van der Waals surface area (Å²) >= 11 is 0. The highest BCUT2D eigenvalue weighted by Gasteiger charge is 2.21. The molecule has 1 aliphatic rings. The Bertz CT molecular complexity index is 568. The number of nitrogens with one attached hydrogen (secondary N) is 1. The largest absolute Gasteiger partial charge is 0.484 e. The van der Waals surface area contributed by atoms with Crippen LogP contribution in [0.4, 0.5) is 5.69 Å². The molecule has 0 radical (unpaired) electrons. The highest BCUT2D eigenvalue weighted by molar-refractivity contribution is 5.95. The van der Waals surface area contributed by atoms with E-state index in [9.17, 15) is 9.59 Å². The number of nitrogens with two attached hydrogens (primary N) is 1. The van der Waals surface area contributed by atoms with Crippen LogP contribution in [0, 0.1) is 0 Å². The van der Waals surface area contributed by atoms with Crippen molar-refractivity contribution in [1.29, 1.82) is 0 Å². The average molecular weight is 370 g/mol. The summed E-state index contributed by atoms with van der Waals surface area (Å²) < 4.78 is 5.56. The van der Waals surface area contributed by atoms with E-state index in [0.29, 0.717) is 18.7 Å². The minimum Gasteiger partial charge on any atom is -0.484 e. The van der Waals surface area contributed by atoms with E-state index in [1.165, 1.54) is 0 Å². The third-order valence-electron chi connectivity index (χ3n) is 4.13. The lowest BCUT2D eigenvalue weighted by atomic mass is 10.1. The van der Waals surface area contributed by atoms with Crippen LogP contribution in [0.25, 0.3) is 0 Å². The summed E-state index contributed by atoms with van der Waals surface area (Å²) in [7, 11) is 0. The normalized spacial score (nSPS) is 14.8. The van der Waals surface area contributed by atoms with Crippen molar-refractivity contribution < 1.29 is 14.3 Å².